The topological polar surface area (TPSA) is 80.3 Å². The molecule has 0 aliphatic carbocycles. The second-order valence-electron chi connectivity index (χ2n) is 8.27. The number of benzene rings is 2. The molecule has 1 aliphatic rings. The Bertz CT molecular complexity index is 867. The number of phenols is 1. The lowest BCUT2D eigenvalue weighted by Gasteiger charge is -2.33. The number of urea groups is 1. The fourth-order valence-electron chi connectivity index (χ4n) is 4.17. The van der Waals surface area contributed by atoms with Crippen LogP contribution in [0.3, 0.4) is 0 Å². The number of piperidine rings is 1. The molecular weight excluding hydrogens is 408 g/mol. The number of rotatable bonds is 8. The van der Waals surface area contributed by atoms with E-state index in [-0.39, 0.29) is 12.1 Å². The van der Waals surface area contributed by atoms with E-state index in [1.165, 1.54) is 5.56 Å². The molecule has 7 nitrogen and oxygen atoms in total. The maximum absolute atomic E-state index is 12.8. The SMILES string of the molecule is COc1cc([C@@H](C)NC(=O)N2CCC(CCc3ccc(O)cc3)CC2)cc(OC)c1OC. The van der Waals surface area contributed by atoms with Crippen molar-refractivity contribution in [3.05, 3.63) is 47.5 Å². The molecule has 2 N–H and O–H groups in total. The first kappa shape index (κ1) is 23.6. The Labute approximate surface area is 190 Å². The molecule has 1 saturated heterocycles. The number of aromatic hydroxyl groups is 1. The Hall–Kier alpha value is -3.09. The zero-order valence-corrected chi connectivity index (χ0v) is 19.4. The Kier molecular flexibility index (Phi) is 8.09. The highest BCUT2D eigenvalue weighted by molar-refractivity contribution is 5.75. The van der Waals surface area contributed by atoms with Crippen LogP contribution < -0.4 is 19.5 Å². The fourth-order valence-corrected chi connectivity index (χ4v) is 4.17. The molecule has 0 unspecified atom stereocenters. The van der Waals surface area contributed by atoms with Gasteiger partial charge in [0.2, 0.25) is 5.75 Å². The number of aryl methyl sites for hydroxylation is 1. The first-order valence-electron chi connectivity index (χ1n) is 11.1. The lowest BCUT2D eigenvalue weighted by atomic mass is 9.90. The monoisotopic (exact) mass is 442 g/mol. The van der Waals surface area contributed by atoms with E-state index in [1.54, 1.807) is 33.5 Å². The van der Waals surface area contributed by atoms with Crippen LogP contribution in [-0.4, -0.2) is 50.5 Å². The van der Waals surface area contributed by atoms with Gasteiger partial charge in [-0.2, -0.15) is 0 Å². The van der Waals surface area contributed by atoms with E-state index < -0.39 is 0 Å². The van der Waals surface area contributed by atoms with Crippen LogP contribution >= 0.6 is 0 Å². The average molecular weight is 443 g/mol. The van der Waals surface area contributed by atoms with Crippen LogP contribution in [0.1, 0.15) is 43.4 Å². The molecule has 1 aliphatic heterocycles. The summed E-state index contributed by atoms with van der Waals surface area (Å²) in [6, 6.07) is 10.9. The summed E-state index contributed by atoms with van der Waals surface area (Å²) in [6.07, 6.45) is 4.10. The number of likely N-dealkylation sites (tertiary alicyclic amines) is 1. The summed E-state index contributed by atoms with van der Waals surface area (Å²) in [6.45, 7) is 3.46. The molecule has 0 saturated carbocycles. The van der Waals surface area contributed by atoms with Crippen molar-refractivity contribution < 1.29 is 24.1 Å². The van der Waals surface area contributed by atoms with E-state index in [1.807, 2.05) is 36.1 Å². The molecule has 0 aromatic heterocycles. The Morgan fingerprint density at radius 2 is 1.66 bits per heavy atom. The van der Waals surface area contributed by atoms with Crippen LogP contribution in [0, 0.1) is 5.92 Å². The van der Waals surface area contributed by atoms with Crippen molar-refractivity contribution in [2.24, 2.45) is 5.92 Å². The lowest BCUT2D eigenvalue weighted by Crippen LogP contribution is -2.45. The van der Waals surface area contributed by atoms with Gasteiger partial charge in [-0.25, -0.2) is 4.79 Å². The summed E-state index contributed by atoms with van der Waals surface area (Å²) < 4.78 is 16.2. The van der Waals surface area contributed by atoms with Gasteiger partial charge in [0.25, 0.3) is 0 Å². The van der Waals surface area contributed by atoms with Crippen molar-refractivity contribution in [1.29, 1.82) is 0 Å². The molecule has 2 aromatic rings. The molecule has 2 amide bonds. The van der Waals surface area contributed by atoms with E-state index in [0.29, 0.717) is 28.9 Å². The van der Waals surface area contributed by atoms with Crippen LogP contribution in [-0.2, 0) is 6.42 Å². The highest BCUT2D eigenvalue weighted by Gasteiger charge is 2.24. The van der Waals surface area contributed by atoms with E-state index in [2.05, 4.69) is 5.32 Å². The Balaban J connectivity index is 1.51. The molecule has 3 rings (SSSR count). The van der Waals surface area contributed by atoms with Gasteiger partial charge in [-0.1, -0.05) is 12.1 Å². The minimum absolute atomic E-state index is 0.0526. The second-order valence-corrected chi connectivity index (χ2v) is 8.27. The molecule has 0 spiro atoms. The summed E-state index contributed by atoms with van der Waals surface area (Å²) in [4.78, 5) is 14.7. The van der Waals surface area contributed by atoms with Gasteiger partial charge in [0, 0.05) is 13.1 Å². The zero-order chi connectivity index (χ0) is 23.1. The minimum Gasteiger partial charge on any atom is -0.508 e. The molecule has 174 valence electrons. The molecular formula is C25H34N2O5. The van der Waals surface area contributed by atoms with Crippen LogP contribution in [0.4, 0.5) is 4.79 Å². The molecule has 0 radical (unpaired) electrons. The fraction of sp³-hybridized carbons (Fsp3) is 0.480. The minimum atomic E-state index is -0.205. The Morgan fingerprint density at radius 3 is 2.19 bits per heavy atom. The maximum Gasteiger partial charge on any atom is 0.317 e. The summed E-state index contributed by atoms with van der Waals surface area (Å²) in [5.74, 6) is 2.58. The highest BCUT2D eigenvalue weighted by Crippen LogP contribution is 2.39. The maximum atomic E-state index is 12.8. The smallest absolute Gasteiger partial charge is 0.317 e. The summed E-state index contributed by atoms with van der Waals surface area (Å²) in [5.41, 5.74) is 2.12. The van der Waals surface area contributed by atoms with Crippen LogP contribution in [0.25, 0.3) is 0 Å². The van der Waals surface area contributed by atoms with Crippen molar-refractivity contribution in [3.8, 4) is 23.0 Å². The largest absolute Gasteiger partial charge is 0.508 e. The first-order chi connectivity index (χ1) is 15.4. The van der Waals surface area contributed by atoms with Gasteiger partial charge < -0.3 is 29.5 Å². The summed E-state index contributed by atoms with van der Waals surface area (Å²) in [5, 5.41) is 12.5. The van der Waals surface area contributed by atoms with E-state index >= 15 is 0 Å². The quantitative estimate of drug-likeness (QED) is 0.628. The molecule has 1 heterocycles. The van der Waals surface area contributed by atoms with Crippen molar-refractivity contribution in [3.63, 3.8) is 0 Å². The Morgan fingerprint density at radius 1 is 1.06 bits per heavy atom. The number of hydrogen-bond acceptors (Lipinski definition) is 5. The lowest BCUT2D eigenvalue weighted by molar-refractivity contribution is 0.165. The van der Waals surface area contributed by atoms with Crippen molar-refractivity contribution in [2.75, 3.05) is 34.4 Å². The first-order valence-corrected chi connectivity index (χ1v) is 11.1. The van der Waals surface area contributed by atoms with Crippen molar-refractivity contribution in [1.82, 2.24) is 10.2 Å². The van der Waals surface area contributed by atoms with Gasteiger partial charge in [-0.15, -0.1) is 0 Å². The van der Waals surface area contributed by atoms with Gasteiger partial charge in [-0.05, 0) is 73.9 Å². The third-order valence-corrected chi connectivity index (χ3v) is 6.21. The number of nitrogens with zero attached hydrogens (tertiary/aromatic N) is 1. The predicted molar refractivity (Wildman–Crippen MR) is 124 cm³/mol. The number of phenolic OH excluding ortho intramolecular Hbond substituents is 1. The van der Waals surface area contributed by atoms with Crippen LogP contribution in [0.5, 0.6) is 23.0 Å². The normalized spacial score (nSPS) is 15.2. The standard InChI is InChI=1S/C25H34N2O5/c1-17(20-15-22(30-2)24(32-4)23(16-20)31-3)26-25(29)27-13-11-19(12-14-27)6-5-18-7-9-21(28)10-8-18/h7-10,15-17,19,28H,5-6,11-14H2,1-4H3,(H,26,29)/t17-/m1/s1. The van der Waals surface area contributed by atoms with Crippen LogP contribution in [0.15, 0.2) is 36.4 Å². The second kappa shape index (κ2) is 11.0. The van der Waals surface area contributed by atoms with Crippen molar-refractivity contribution in [2.45, 2.75) is 38.6 Å². The van der Waals surface area contributed by atoms with Crippen molar-refractivity contribution >= 4 is 6.03 Å². The van der Waals surface area contributed by atoms with Gasteiger partial charge in [0.05, 0.1) is 27.4 Å². The zero-order valence-electron chi connectivity index (χ0n) is 19.4. The van der Waals surface area contributed by atoms with Gasteiger partial charge in [-0.3, -0.25) is 0 Å². The number of nitrogens with one attached hydrogen (secondary N) is 1. The molecule has 1 atom stereocenters. The summed E-state index contributed by atoms with van der Waals surface area (Å²) in [7, 11) is 4.73. The van der Waals surface area contributed by atoms with Crippen LogP contribution in [0.2, 0.25) is 0 Å². The molecule has 2 aromatic carbocycles. The number of methoxy groups -OCH3 is 3. The molecule has 0 bridgehead atoms. The number of carbonyl (C=O) groups is 1. The number of carbonyl (C=O) groups excluding carboxylic acids is 1. The van der Waals surface area contributed by atoms with E-state index in [4.69, 9.17) is 14.2 Å². The molecule has 7 heteroatoms. The third-order valence-electron chi connectivity index (χ3n) is 6.21. The third kappa shape index (κ3) is 5.78. The van der Waals surface area contributed by atoms with Gasteiger partial charge in [0.1, 0.15) is 5.75 Å². The predicted octanol–water partition coefficient (Wildman–Crippen LogP) is 4.53. The van der Waals surface area contributed by atoms with E-state index in [0.717, 1.165) is 44.3 Å². The highest BCUT2D eigenvalue weighted by atomic mass is 16.5. The van der Waals surface area contributed by atoms with Gasteiger partial charge >= 0.3 is 6.03 Å². The summed E-state index contributed by atoms with van der Waals surface area (Å²) >= 11 is 0. The number of amides is 2. The van der Waals surface area contributed by atoms with Gasteiger partial charge in [0.15, 0.2) is 11.5 Å². The number of hydrogen-bond donors (Lipinski definition) is 2. The molecule has 32 heavy (non-hydrogen) atoms. The van der Waals surface area contributed by atoms with E-state index in [9.17, 15) is 9.90 Å². The molecule has 1 fully saturated rings. The number of ether oxygens (including phenoxy) is 3. The average Bonchev–Trinajstić information content (AvgIpc) is 2.82.